The number of rotatable bonds is 2. The van der Waals surface area contributed by atoms with Gasteiger partial charge in [-0.1, -0.05) is 96.6 Å². The molecule has 2 aromatic carbocycles. The maximum Gasteiger partial charge on any atom is 0.0247 e. The quantitative estimate of drug-likeness (QED) is 0.319. The summed E-state index contributed by atoms with van der Waals surface area (Å²) in [5.74, 6) is 0.762. The lowest BCUT2D eigenvalue weighted by molar-refractivity contribution is 0.145. The predicted octanol–water partition coefficient (Wildman–Crippen LogP) is 9.26. The highest BCUT2D eigenvalue weighted by Gasteiger charge is 2.44. The van der Waals surface area contributed by atoms with Crippen molar-refractivity contribution in [2.24, 2.45) is 11.3 Å². The topological polar surface area (TPSA) is 0 Å². The van der Waals surface area contributed by atoms with Crippen LogP contribution in [-0.2, 0) is 5.41 Å². The van der Waals surface area contributed by atoms with Crippen molar-refractivity contribution in [3.05, 3.63) is 65.4 Å². The largest absolute Gasteiger partial charge is 0.0600 e. The summed E-state index contributed by atoms with van der Waals surface area (Å²) >= 11 is 15.4. The van der Waals surface area contributed by atoms with E-state index in [1.165, 1.54) is 41.9 Å². The Morgan fingerprint density at radius 2 is 1.08 bits per heavy atom. The molecule has 0 unspecified atom stereocenters. The molecule has 0 bridgehead atoms. The molecule has 1 aliphatic rings. The summed E-state index contributed by atoms with van der Waals surface area (Å²) in [5.41, 5.74) is 3.10. The van der Waals surface area contributed by atoms with E-state index in [0.717, 1.165) is 18.8 Å². The molecule has 0 atom stereocenters. The summed E-state index contributed by atoms with van der Waals surface area (Å²) < 4.78 is 4.74. The normalized spacial score (nSPS) is 18.1. The molecule has 1 aliphatic carbocycles. The second-order valence-electron chi connectivity index (χ2n) is 8.42. The van der Waals surface area contributed by atoms with Gasteiger partial charge in [0.25, 0.3) is 0 Å². The van der Waals surface area contributed by atoms with Crippen LogP contribution in [0.4, 0.5) is 0 Å². The lowest BCUT2D eigenvalue weighted by atomic mass is 9.59. The predicted molar refractivity (Wildman–Crippen MR) is 126 cm³/mol. The third kappa shape index (κ3) is 3.90. The van der Waals surface area contributed by atoms with Crippen LogP contribution >= 0.6 is 63.7 Å². The van der Waals surface area contributed by atoms with Crippen LogP contribution in [0.1, 0.15) is 57.6 Å². The zero-order valence-electron chi connectivity index (χ0n) is 15.4. The molecule has 0 spiro atoms. The van der Waals surface area contributed by atoms with Crippen LogP contribution in [0, 0.1) is 11.3 Å². The Labute approximate surface area is 191 Å². The average molecular weight is 608 g/mol. The fourth-order valence-electron chi connectivity index (χ4n) is 4.51. The van der Waals surface area contributed by atoms with Gasteiger partial charge in [-0.3, -0.25) is 0 Å². The Kier molecular flexibility index (Phi) is 6.49. The van der Waals surface area contributed by atoms with Gasteiger partial charge in [-0.2, -0.15) is 0 Å². The van der Waals surface area contributed by atoms with Crippen molar-refractivity contribution in [2.75, 3.05) is 0 Å². The fraction of sp³-hybridized carbons (Fsp3) is 0.455. The minimum Gasteiger partial charge on any atom is -0.0600 e. The minimum absolute atomic E-state index is 0.0143. The average Bonchev–Trinajstić information content (AvgIpc) is 2.54. The molecule has 0 N–H and O–H groups in total. The summed E-state index contributed by atoms with van der Waals surface area (Å²) in [6.07, 6.45) is 4.78. The molecule has 0 amide bonds. The van der Waals surface area contributed by atoms with Gasteiger partial charge in [-0.15, -0.1) is 0 Å². The van der Waals surface area contributed by atoms with Crippen molar-refractivity contribution in [3.63, 3.8) is 0 Å². The van der Waals surface area contributed by atoms with Crippen molar-refractivity contribution >= 4 is 63.7 Å². The van der Waals surface area contributed by atoms with E-state index in [2.05, 4.69) is 121 Å². The van der Waals surface area contributed by atoms with Crippen molar-refractivity contribution in [1.29, 1.82) is 0 Å². The van der Waals surface area contributed by atoms with E-state index in [9.17, 15) is 0 Å². The minimum atomic E-state index is -0.0143. The van der Waals surface area contributed by atoms with E-state index in [1.54, 1.807) is 0 Å². The fourth-order valence-corrected chi connectivity index (χ4v) is 8.03. The number of halogens is 4. The maximum absolute atomic E-state index is 3.86. The van der Waals surface area contributed by atoms with Crippen molar-refractivity contribution < 1.29 is 0 Å². The van der Waals surface area contributed by atoms with Crippen LogP contribution in [0.15, 0.2) is 54.3 Å². The molecule has 0 heterocycles. The second-order valence-corrected chi connectivity index (χ2v) is 11.8. The SMILES string of the molecule is CC(C)(C)C1CCC(c2c(Br)cccc2Br)(c2c(Br)cccc2Br)CC1. The Morgan fingerprint density at radius 1 is 0.731 bits per heavy atom. The van der Waals surface area contributed by atoms with E-state index >= 15 is 0 Å². The van der Waals surface area contributed by atoms with Crippen molar-refractivity contribution in [2.45, 2.75) is 51.9 Å². The Morgan fingerprint density at radius 3 is 1.38 bits per heavy atom. The molecule has 0 radical (unpaired) electrons. The van der Waals surface area contributed by atoms with E-state index < -0.39 is 0 Å². The highest BCUT2D eigenvalue weighted by molar-refractivity contribution is 9.11. The Hall–Kier alpha value is 0.360. The van der Waals surface area contributed by atoms with Crippen LogP contribution in [-0.4, -0.2) is 0 Å². The van der Waals surface area contributed by atoms with Gasteiger partial charge in [0, 0.05) is 23.3 Å². The first-order chi connectivity index (χ1) is 12.2. The van der Waals surface area contributed by atoms with Crippen LogP contribution in [0.5, 0.6) is 0 Å². The second kappa shape index (κ2) is 8.00. The molecule has 0 aromatic heterocycles. The third-order valence-electron chi connectivity index (χ3n) is 5.95. The van der Waals surface area contributed by atoms with E-state index in [0.29, 0.717) is 5.41 Å². The van der Waals surface area contributed by atoms with Crippen LogP contribution in [0.2, 0.25) is 0 Å². The molecule has 0 aliphatic heterocycles. The molecule has 0 nitrogen and oxygen atoms in total. The van der Waals surface area contributed by atoms with Crippen molar-refractivity contribution in [3.8, 4) is 0 Å². The van der Waals surface area contributed by atoms with Crippen molar-refractivity contribution in [1.82, 2.24) is 0 Å². The Balaban J connectivity index is 2.19. The molecule has 4 heteroatoms. The van der Waals surface area contributed by atoms with Crippen LogP contribution in [0.25, 0.3) is 0 Å². The third-order valence-corrected chi connectivity index (χ3v) is 8.59. The number of benzene rings is 2. The molecular formula is C22H24Br4. The monoisotopic (exact) mass is 604 g/mol. The first kappa shape index (κ1) is 21.1. The summed E-state index contributed by atoms with van der Waals surface area (Å²) in [7, 11) is 0. The summed E-state index contributed by atoms with van der Waals surface area (Å²) in [6, 6.07) is 12.9. The molecule has 1 saturated carbocycles. The maximum atomic E-state index is 3.86. The van der Waals surface area contributed by atoms with Gasteiger partial charge < -0.3 is 0 Å². The van der Waals surface area contributed by atoms with Gasteiger partial charge in [-0.25, -0.2) is 0 Å². The molecule has 3 rings (SSSR count). The Bertz CT molecular complexity index is 702. The van der Waals surface area contributed by atoms with E-state index in [-0.39, 0.29) is 5.41 Å². The molecule has 1 fully saturated rings. The molecule has 140 valence electrons. The van der Waals surface area contributed by atoms with Crippen LogP contribution < -0.4 is 0 Å². The van der Waals surface area contributed by atoms with Gasteiger partial charge in [-0.05, 0) is 72.4 Å². The number of hydrogen-bond acceptors (Lipinski definition) is 0. The van der Waals surface area contributed by atoms with Gasteiger partial charge in [0.15, 0.2) is 0 Å². The molecule has 26 heavy (non-hydrogen) atoms. The molecular weight excluding hydrogens is 584 g/mol. The summed E-state index contributed by atoms with van der Waals surface area (Å²) in [4.78, 5) is 0. The summed E-state index contributed by atoms with van der Waals surface area (Å²) in [5, 5.41) is 0. The summed E-state index contributed by atoms with van der Waals surface area (Å²) in [6.45, 7) is 7.15. The van der Waals surface area contributed by atoms with Gasteiger partial charge in [0.2, 0.25) is 0 Å². The van der Waals surface area contributed by atoms with Gasteiger partial charge in [0.05, 0.1) is 0 Å². The van der Waals surface area contributed by atoms with Crippen LogP contribution in [0.3, 0.4) is 0 Å². The highest BCUT2D eigenvalue weighted by Crippen LogP contribution is 2.56. The first-order valence-corrected chi connectivity index (χ1v) is 12.2. The molecule has 2 aromatic rings. The standard InChI is InChI=1S/C22H24Br4/c1-21(2,3)14-10-12-22(13-11-14,19-15(23)6-4-7-16(19)24)20-17(25)8-5-9-18(20)26/h4-9,14H,10-13H2,1-3H3. The smallest absolute Gasteiger partial charge is 0.0247 e. The molecule has 0 saturated heterocycles. The van der Waals surface area contributed by atoms with Gasteiger partial charge >= 0.3 is 0 Å². The van der Waals surface area contributed by atoms with E-state index in [4.69, 9.17) is 0 Å². The zero-order valence-corrected chi connectivity index (χ0v) is 21.7. The van der Waals surface area contributed by atoms with E-state index in [1.807, 2.05) is 0 Å². The lowest BCUT2D eigenvalue weighted by Gasteiger charge is -2.46. The zero-order chi connectivity index (χ0) is 19.1. The first-order valence-electron chi connectivity index (χ1n) is 9.06. The highest BCUT2D eigenvalue weighted by atomic mass is 79.9. The van der Waals surface area contributed by atoms with Gasteiger partial charge in [0.1, 0.15) is 0 Å². The number of hydrogen-bond donors (Lipinski definition) is 0. The lowest BCUT2D eigenvalue weighted by Crippen LogP contribution is -2.37.